The molecular formula is C15H16F2N2. The summed E-state index contributed by atoms with van der Waals surface area (Å²) in [6, 6.07) is 11.3. The molecule has 100 valence electrons. The van der Waals surface area contributed by atoms with E-state index in [9.17, 15) is 8.78 Å². The zero-order chi connectivity index (χ0) is 13.8. The van der Waals surface area contributed by atoms with Crippen LogP contribution in [-0.2, 0) is 13.1 Å². The number of rotatable bonds is 4. The van der Waals surface area contributed by atoms with Crippen LogP contribution in [0.15, 0.2) is 42.5 Å². The smallest absolute Gasteiger partial charge is 0.129 e. The van der Waals surface area contributed by atoms with Gasteiger partial charge in [0.05, 0.1) is 0 Å². The molecule has 0 spiro atoms. The van der Waals surface area contributed by atoms with Gasteiger partial charge in [0.15, 0.2) is 0 Å². The van der Waals surface area contributed by atoms with Gasteiger partial charge in [-0.2, -0.15) is 0 Å². The van der Waals surface area contributed by atoms with E-state index in [0.717, 1.165) is 11.3 Å². The molecule has 0 aliphatic rings. The van der Waals surface area contributed by atoms with E-state index in [4.69, 9.17) is 5.73 Å². The Morgan fingerprint density at radius 1 is 1.05 bits per heavy atom. The molecular weight excluding hydrogens is 246 g/mol. The molecule has 2 N–H and O–H groups in total. The van der Waals surface area contributed by atoms with E-state index in [1.165, 1.54) is 18.2 Å². The summed E-state index contributed by atoms with van der Waals surface area (Å²) in [7, 11) is 1.86. The fourth-order valence-electron chi connectivity index (χ4n) is 1.89. The Bertz CT molecular complexity index is 553. The standard InChI is InChI=1S/C15H16F2N2/c1-19(10-11-2-5-13(16)6-3-11)14-7-4-12(9-18)15(17)8-14/h2-8H,9-10,18H2,1H3. The van der Waals surface area contributed by atoms with Crippen molar-refractivity contribution in [2.45, 2.75) is 13.1 Å². The van der Waals surface area contributed by atoms with Crippen LogP contribution in [0.4, 0.5) is 14.5 Å². The van der Waals surface area contributed by atoms with Gasteiger partial charge >= 0.3 is 0 Å². The van der Waals surface area contributed by atoms with Crippen molar-refractivity contribution in [3.05, 3.63) is 65.2 Å². The van der Waals surface area contributed by atoms with E-state index in [0.29, 0.717) is 12.1 Å². The van der Waals surface area contributed by atoms with Gasteiger partial charge in [0.2, 0.25) is 0 Å². The average molecular weight is 262 g/mol. The molecule has 2 rings (SSSR count). The summed E-state index contributed by atoms with van der Waals surface area (Å²) in [5, 5.41) is 0. The van der Waals surface area contributed by atoms with Crippen LogP contribution in [0.3, 0.4) is 0 Å². The van der Waals surface area contributed by atoms with Gasteiger partial charge < -0.3 is 10.6 Å². The first-order valence-electron chi connectivity index (χ1n) is 6.04. The number of hydrogen-bond acceptors (Lipinski definition) is 2. The van der Waals surface area contributed by atoms with Crippen LogP contribution in [0.25, 0.3) is 0 Å². The maximum absolute atomic E-state index is 13.6. The maximum atomic E-state index is 13.6. The Balaban J connectivity index is 2.13. The molecule has 2 aromatic rings. The van der Waals surface area contributed by atoms with Gasteiger partial charge in [0.1, 0.15) is 11.6 Å². The maximum Gasteiger partial charge on any atom is 0.129 e. The molecule has 0 amide bonds. The predicted molar refractivity (Wildman–Crippen MR) is 72.8 cm³/mol. The van der Waals surface area contributed by atoms with E-state index in [1.807, 2.05) is 18.0 Å². The van der Waals surface area contributed by atoms with Gasteiger partial charge in [0.25, 0.3) is 0 Å². The fourth-order valence-corrected chi connectivity index (χ4v) is 1.89. The minimum atomic E-state index is -0.300. The van der Waals surface area contributed by atoms with Gasteiger partial charge in [-0.3, -0.25) is 0 Å². The Labute approximate surface area is 111 Å². The van der Waals surface area contributed by atoms with Crippen LogP contribution < -0.4 is 10.6 Å². The number of nitrogens with two attached hydrogens (primary N) is 1. The third-order valence-corrected chi connectivity index (χ3v) is 3.03. The summed E-state index contributed by atoms with van der Waals surface area (Å²) in [5.74, 6) is -0.560. The second-order valence-corrected chi connectivity index (χ2v) is 4.46. The molecule has 0 bridgehead atoms. The number of nitrogens with zero attached hydrogens (tertiary/aromatic N) is 1. The lowest BCUT2D eigenvalue weighted by atomic mass is 10.1. The summed E-state index contributed by atoms with van der Waals surface area (Å²) < 4.78 is 26.5. The summed E-state index contributed by atoms with van der Waals surface area (Å²) >= 11 is 0. The molecule has 4 heteroatoms. The monoisotopic (exact) mass is 262 g/mol. The predicted octanol–water partition coefficient (Wildman–Crippen LogP) is 3.06. The largest absolute Gasteiger partial charge is 0.370 e. The number of anilines is 1. The summed E-state index contributed by atoms with van der Waals surface area (Å²) in [5.41, 5.74) is 7.65. The highest BCUT2D eigenvalue weighted by molar-refractivity contribution is 5.48. The van der Waals surface area contributed by atoms with Crippen LogP contribution in [0, 0.1) is 11.6 Å². The number of halogens is 2. The minimum Gasteiger partial charge on any atom is -0.370 e. The Hall–Kier alpha value is -1.94. The highest BCUT2D eigenvalue weighted by Gasteiger charge is 2.06. The molecule has 0 radical (unpaired) electrons. The molecule has 19 heavy (non-hydrogen) atoms. The molecule has 0 saturated heterocycles. The molecule has 0 unspecified atom stereocenters. The summed E-state index contributed by atoms with van der Waals surface area (Å²) in [6.45, 7) is 0.773. The minimum absolute atomic E-state index is 0.188. The van der Waals surface area contributed by atoms with E-state index >= 15 is 0 Å². The Morgan fingerprint density at radius 2 is 1.74 bits per heavy atom. The summed E-state index contributed by atoms with van der Waals surface area (Å²) in [6.07, 6.45) is 0. The first kappa shape index (κ1) is 13.5. The van der Waals surface area contributed by atoms with Gasteiger partial charge in [-0.15, -0.1) is 0 Å². The van der Waals surface area contributed by atoms with Gasteiger partial charge in [-0.1, -0.05) is 18.2 Å². The van der Waals surface area contributed by atoms with Gasteiger partial charge in [-0.05, 0) is 29.8 Å². The normalized spacial score (nSPS) is 10.5. The van der Waals surface area contributed by atoms with Crippen molar-refractivity contribution in [1.82, 2.24) is 0 Å². The van der Waals surface area contributed by atoms with Crippen molar-refractivity contribution in [1.29, 1.82) is 0 Å². The molecule has 0 atom stereocenters. The Kier molecular flexibility index (Phi) is 4.12. The Morgan fingerprint density at radius 3 is 2.32 bits per heavy atom. The van der Waals surface area contributed by atoms with Crippen molar-refractivity contribution in [3.63, 3.8) is 0 Å². The van der Waals surface area contributed by atoms with Crippen LogP contribution in [0.2, 0.25) is 0 Å². The topological polar surface area (TPSA) is 29.3 Å². The highest BCUT2D eigenvalue weighted by atomic mass is 19.1. The fraction of sp³-hybridized carbons (Fsp3) is 0.200. The molecule has 0 aliphatic carbocycles. The first-order chi connectivity index (χ1) is 9.10. The summed E-state index contributed by atoms with van der Waals surface area (Å²) in [4.78, 5) is 1.90. The van der Waals surface area contributed by atoms with Crippen molar-refractivity contribution in [2.24, 2.45) is 5.73 Å². The van der Waals surface area contributed by atoms with Crippen molar-refractivity contribution < 1.29 is 8.78 Å². The third-order valence-electron chi connectivity index (χ3n) is 3.03. The lowest BCUT2D eigenvalue weighted by Crippen LogP contribution is -2.16. The number of hydrogen-bond donors (Lipinski definition) is 1. The molecule has 0 saturated carbocycles. The van der Waals surface area contributed by atoms with Crippen molar-refractivity contribution >= 4 is 5.69 Å². The third kappa shape index (κ3) is 3.29. The van der Waals surface area contributed by atoms with Gasteiger partial charge in [0, 0.05) is 31.4 Å². The van der Waals surface area contributed by atoms with Crippen LogP contribution in [0.5, 0.6) is 0 Å². The van der Waals surface area contributed by atoms with Crippen LogP contribution >= 0.6 is 0 Å². The first-order valence-corrected chi connectivity index (χ1v) is 6.04. The van der Waals surface area contributed by atoms with E-state index in [-0.39, 0.29) is 18.2 Å². The molecule has 0 aromatic heterocycles. The van der Waals surface area contributed by atoms with Crippen molar-refractivity contribution in [2.75, 3.05) is 11.9 Å². The molecule has 2 aromatic carbocycles. The highest BCUT2D eigenvalue weighted by Crippen LogP contribution is 2.19. The molecule has 0 fully saturated rings. The molecule has 0 heterocycles. The van der Waals surface area contributed by atoms with Crippen LogP contribution in [0.1, 0.15) is 11.1 Å². The van der Waals surface area contributed by atoms with Crippen molar-refractivity contribution in [3.8, 4) is 0 Å². The number of benzene rings is 2. The zero-order valence-electron chi connectivity index (χ0n) is 10.7. The zero-order valence-corrected chi connectivity index (χ0v) is 10.7. The average Bonchev–Trinajstić information content (AvgIpc) is 2.41. The quantitative estimate of drug-likeness (QED) is 0.917. The molecule has 2 nitrogen and oxygen atoms in total. The lowest BCUT2D eigenvalue weighted by molar-refractivity contribution is 0.610. The van der Waals surface area contributed by atoms with Crippen LogP contribution in [-0.4, -0.2) is 7.05 Å². The second kappa shape index (κ2) is 5.80. The lowest BCUT2D eigenvalue weighted by Gasteiger charge is -2.20. The molecule has 0 aliphatic heterocycles. The SMILES string of the molecule is CN(Cc1ccc(F)cc1)c1ccc(CN)c(F)c1. The van der Waals surface area contributed by atoms with E-state index < -0.39 is 0 Å². The van der Waals surface area contributed by atoms with Gasteiger partial charge in [-0.25, -0.2) is 8.78 Å². The van der Waals surface area contributed by atoms with E-state index in [2.05, 4.69) is 0 Å². The van der Waals surface area contributed by atoms with E-state index in [1.54, 1.807) is 18.2 Å². The second-order valence-electron chi connectivity index (χ2n) is 4.46.